The van der Waals surface area contributed by atoms with E-state index in [0.717, 1.165) is 121 Å². The number of hydrogen-bond acceptors (Lipinski definition) is 2. The summed E-state index contributed by atoms with van der Waals surface area (Å²) in [5.41, 5.74) is 14.6. The molecule has 0 amide bonds. The number of hydrogen-bond donors (Lipinski definition) is 0. The Balaban J connectivity index is 1.00. The van der Waals surface area contributed by atoms with Gasteiger partial charge in [0.05, 0.1) is 22.1 Å². The highest BCUT2D eigenvalue weighted by atomic mass is 35.5. The first-order chi connectivity index (χ1) is 29.1. The van der Waals surface area contributed by atoms with Gasteiger partial charge in [-0.1, -0.05) is 96.5 Å². The minimum absolute atomic E-state index is 0.684. The average molecular weight is 775 g/mol. The molecule has 0 aliphatic rings. The topological polar surface area (TPSA) is 36.1 Å². The fourth-order valence-corrected chi connectivity index (χ4v) is 9.70. The first-order valence-corrected chi connectivity index (χ1v) is 20.2. The second-order valence-corrected chi connectivity index (χ2v) is 15.9. The summed E-state index contributed by atoms with van der Waals surface area (Å²) in [4.78, 5) is 0. The van der Waals surface area contributed by atoms with Gasteiger partial charge in [-0.25, -0.2) is 0 Å². The summed E-state index contributed by atoms with van der Waals surface area (Å²) in [6, 6.07) is 66.6. The highest BCUT2D eigenvalue weighted by Gasteiger charge is 2.20. The second kappa shape index (κ2) is 12.2. The Kier molecular flexibility index (Phi) is 6.75. The van der Waals surface area contributed by atoms with E-state index in [2.05, 4.69) is 173 Å². The Morgan fingerprint density at radius 1 is 0.288 bits per heavy atom. The van der Waals surface area contributed by atoms with Crippen LogP contribution in [-0.2, 0) is 0 Å². The fourth-order valence-electron chi connectivity index (χ4n) is 9.47. The predicted molar refractivity (Wildman–Crippen MR) is 246 cm³/mol. The van der Waals surface area contributed by atoms with Gasteiger partial charge in [0.2, 0.25) is 0 Å². The molecule has 0 aliphatic carbocycles. The van der Waals surface area contributed by atoms with Gasteiger partial charge in [0.25, 0.3) is 0 Å². The van der Waals surface area contributed by atoms with Crippen LogP contribution in [0.2, 0.25) is 5.02 Å². The molecular formula is C54H31ClN2O2. The smallest absolute Gasteiger partial charge is 0.136 e. The van der Waals surface area contributed by atoms with Crippen LogP contribution in [0.4, 0.5) is 0 Å². The third-order valence-corrected chi connectivity index (χ3v) is 12.3. The van der Waals surface area contributed by atoms with Crippen LogP contribution in [0.15, 0.2) is 197 Å². The summed E-state index contributed by atoms with van der Waals surface area (Å²) in [5, 5.41) is 9.71. The monoisotopic (exact) mass is 774 g/mol. The molecule has 0 radical (unpaired) electrons. The van der Waals surface area contributed by atoms with Crippen LogP contribution in [0, 0.1) is 0 Å². The highest BCUT2D eigenvalue weighted by Crippen LogP contribution is 2.43. The zero-order chi connectivity index (χ0) is 38.8. The zero-order valence-corrected chi connectivity index (χ0v) is 32.2. The average Bonchev–Trinajstić information content (AvgIpc) is 4.02. The van der Waals surface area contributed by atoms with Crippen LogP contribution in [0.3, 0.4) is 0 Å². The van der Waals surface area contributed by atoms with Crippen LogP contribution in [-0.4, -0.2) is 9.13 Å². The van der Waals surface area contributed by atoms with E-state index in [4.69, 9.17) is 20.4 Å². The molecule has 0 spiro atoms. The van der Waals surface area contributed by atoms with Crippen LogP contribution in [0.25, 0.3) is 121 Å². The van der Waals surface area contributed by atoms with E-state index in [1.54, 1.807) is 0 Å². The van der Waals surface area contributed by atoms with Gasteiger partial charge < -0.3 is 18.0 Å². The second-order valence-electron chi connectivity index (χ2n) is 15.5. The number of rotatable bonds is 4. The van der Waals surface area contributed by atoms with E-state index in [1.807, 2.05) is 24.3 Å². The number of halogens is 1. The summed E-state index contributed by atoms with van der Waals surface area (Å²) in [5.74, 6) is 0. The number of fused-ring (bicyclic) bond motifs is 12. The number of benzene rings is 9. The Labute approximate surface area is 342 Å². The van der Waals surface area contributed by atoms with Crippen LogP contribution < -0.4 is 0 Å². The molecule has 13 aromatic rings. The third kappa shape index (κ3) is 4.84. The van der Waals surface area contributed by atoms with Crippen molar-refractivity contribution < 1.29 is 8.83 Å². The molecule has 0 bridgehead atoms. The lowest BCUT2D eigenvalue weighted by atomic mass is 9.96. The fraction of sp³-hybridized carbons (Fsp3) is 0. The quantitative estimate of drug-likeness (QED) is 0.179. The van der Waals surface area contributed by atoms with E-state index in [-0.39, 0.29) is 0 Å². The SMILES string of the molecule is Clc1cc(-c2ccc3c(c2)c2cc4oc5ccccc5c4cc2n3-c2ccccc2)cc(-c2ccc3c(c2)c2cc4oc5ccccc5c4cc2n3-c2ccccc2)c1. The summed E-state index contributed by atoms with van der Waals surface area (Å²) < 4.78 is 17.5. The van der Waals surface area contributed by atoms with Crippen LogP contribution >= 0.6 is 11.6 Å². The maximum absolute atomic E-state index is 7.02. The molecule has 0 atom stereocenters. The first-order valence-electron chi connectivity index (χ1n) is 19.8. The maximum atomic E-state index is 7.02. The lowest BCUT2D eigenvalue weighted by Crippen LogP contribution is -1.93. The predicted octanol–water partition coefficient (Wildman–Crippen LogP) is 15.7. The van der Waals surface area contributed by atoms with Crippen molar-refractivity contribution in [3.05, 3.63) is 193 Å². The molecule has 5 heteroatoms. The highest BCUT2D eigenvalue weighted by molar-refractivity contribution is 6.31. The van der Waals surface area contributed by atoms with Gasteiger partial charge in [-0.3, -0.25) is 0 Å². The first kappa shape index (κ1) is 32.5. The lowest BCUT2D eigenvalue weighted by Gasteiger charge is -2.11. The molecule has 4 aromatic heterocycles. The summed E-state index contributed by atoms with van der Waals surface area (Å²) in [6.07, 6.45) is 0. The minimum Gasteiger partial charge on any atom is -0.456 e. The molecule has 0 aliphatic heterocycles. The molecule has 0 fully saturated rings. The molecule has 59 heavy (non-hydrogen) atoms. The van der Waals surface area contributed by atoms with Gasteiger partial charge in [0.1, 0.15) is 22.3 Å². The van der Waals surface area contributed by atoms with Crippen molar-refractivity contribution in [2.24, 2.45) is 0 Å². The Morgan fingerprint density at radius 2 is 0.712 bits per heavy atom. The van der Waals surface area contributed by atoms with Gasteiger partial charge in [-0.15, -0.1) is 0 Å². The molecule has 4 heterocycles. The minimum atomic E-state index is 0.684. The van der Waals surface area contributed by atoms with Crippen molar-refractivity contribution in [1.29, 1.82) is 0 Å². The van der Waals surface area contributed by atoms with Crippen molar-refractivity contribution in [2.45, 2.75) is 0 Å². The van der Waals surface area contributed by atoms with Crippen molar-refractivity contribution in [2.75, 3.05) is 0 Å². The molecular weight excluding hydrogens is 744 g/mol. The van der Waals surface area contributed by atoms with Crippen molar-refractivity contribution >= 4 is 99.1 Å². The van der Waals surface area contributed by atoms with Gasteiger partial charge >= 0.3 is 0 Å². The molecule has 9 aromatic carbocycles. The molecule has 276 valence electrons. The van der Waals surface area contributed by atoms with Crippen molar-refractivity contribution in [3.63, 3.8) is 0 Å². The Bertz CT molecular complexity index is 3600. The molecule has 0 unspecified atom stereocenters. The molecule has 13 rings (SSSR count). The van der Waals surface area contributed by atoms with E-state index >= 15 is 0 Å². The van der Waals surface area contributed by atoms with Crippen LogP contribution in [0.5, 0.6) is 0 Å². The van der Waals surface area contributed by atoms with Gasteiger partial charge in [-0.2, -0.15) is 0 Å². The molecule has 4 nitrogen and oxygen atoms in total. The Morgan fingerprint density at radius 3 is 1.19 bits per heavy atom. The largest absolute Gasteiger partial charge is 0.456 e. The summed E-state index contributed by atoms with van der Waals surface area (Å²) in [6.45, 7) is 0. The van der Waals surface area contributed by atoms with Crippen molar-refractivity contribution in [1.82, 2.24) is 9.13 Å². The van der Waals surface area contributed by atoms with E-state index in [0.29, 0.717) is 5.02 Å². The van der Waals surface area contributed by atoms with E-state index < -0.39 is 0 Å². The standard InChI is InChI=1S/C54H31ClN2O2/c55-36-24-34(32-19-21-47-41(26-32)43-30-53-45(39-15-7-9-17-51(39)58-53)28-49(43)56(47)37-11-3-1-4-12-37)23-35(25-36)33-20-22-48-42(27-33)44-31-54-46(40-16-8-10-18-52(40)59-54)29-50(44)57(48)38-13-5-2-6-14-38/h1-31H. The normalized spacial score (nSPS) is 12.2. The summed E-state index contributed by atoms with van der Waals surface area (Å²) in [7, 11) is 0. The van der Waals surface area contributed by atoms with Gasteiger partial charge in [0.15, 0.2) is 0 Å². The van der Waals surface area contributed by atoms with Gasteiger partial charge in [-0.05, 0) is 125 Å². The molecule has 0 saturated carbocycles. The third-order valence-electron chi connectivity index (χ3n) is 12.1. The van der Waals surface area contributed by atoms with Crippen molar-refractivity contribution in [3.8, 4) is 33.6 Å². The number of para-hydroxylation sites is 4. The number of aromatic nitrogens is 2. The van der Waals surface area contributed by atoms with E-state index in [9.17, 15) is 0 Å². The molecule has 0 N–H and O–H groups in total. The summed E-state index contributed by atoms with van der Waals surface area (Å²) >= 11 is 7.02. The van der Waals surface area contributed by atoms with E-state index in [1.165, 1.54) is 0 Å². The van der Waals surface area contributed by atoms with Crippen LogP contribution in [0.1, 0.15) is 0 Å². The Hall–Kier alpha value is -7.53. The molecule has 0 saturated heterocycles. The number of nitrogens with zero attached hydrogens (tertiary/aromatic N) is 2. The lowest BCUT2D eigenvalue weighted by molar-refractivity contribution is 0.669. The zero-order valence-electron chi connectivity index (χ0n) is 31.5. The maximum Gasteiger partial charge on any atom is 0.136 e. The van der Waals surface area contributed by atoms with Gasteiger partial charge in [0, 0.05) is 59.5 Å². The number of furan rings is 2.